The van der Waals surface area contributed by atoms with Crippen molar-refractivity contribution in [3.63, 3.8) is 0 Å². The van der Waals surface area contributed by atoms with Crippen molar-refractivity contribution in [2.75, 3.05) is 13.2 Å². The van der Waals surface area contributed by atoms with E-state index in [4.69, 9.17) is 4.74 Å². The van der Waals surface area contributed by atoms with Gasteiger partial charge in [0.25, 0.3) is 0 Å². The summed E-state index contributed by atoms with van der Waals surface area (Å²) in [6.07, 6.45) is -22.6. The SMILES string of the molecule is C1CCOC1.OC(c1ccccc1[As]1OC(C(F)(F)F)(C(F)(F)F)c2ccccc21)(C(F)(F)F)C(F)(F)F. The molecule has 212 valence electrons. The molecule has 1 saturated heterocycles. The average Bonchev–Trinajstić information content (AvgIpc) is 3.47. The maximum atomic E-state index is 13.8. The van der Waals surface area contributed by atoms with E-state index in [9.17, 15) is 57.8 Å². The number of ether oxygens (including phenoxy) is 1. The quantitative estimate of drug-likeness (QED) is 0.364. The van der Waals surface area contributed by atoms with Gasteiger partial charge in [-0.2, -0.15) is 0 Å². The Labute approximate surface area is 211 Å². The molecule has 2 aliphatic rings. The molecule has 0 bridgehead atoms. The van der Waals surface area contributed by atoms with Crippen LogP contribution in [-0.4, -0.2) is 58.0 Å². The third-order valence-electron chi connectivity index (χ3n) is 5.69. The second-order valence-electron chi connectivity index (χ2n) is 8.12. The first-order valence-electron chi connectivity index (χ1n) is 10.6. The molecule has 1 fully saturated rings. The molecule has 3 nitrogen and oxygen atoms in total. The molecule has 1 unspecified atom stereocenters. The van der Waals surface area contributed by atoms with Crippen LogP contribution in [0.4, 0.5) is 52.7 Å². The molecular weight excluding hydrogens is 615 g/mol. The molecule has 0 spiro atoms. The van der Waals surface area contributed by atoms with Crippen molar-refractivity contribution in [1.82, 2.24) is 0 Å². The van der Waals surface area contributed by atoms with E-state index in [2.05, 4.69) is 3.73 Å². The number of fused-ring (bicyclic) bond motifs is 1. The van der Waals surface area contributed by atoms with Crippen LogP contribution in [0, 0.1) is 0 Å². The van der Waals surface area contributed by atoms with E-state index in [1.54, 1.807) is 0 Å². The fourth-order valence-electron chi connectivity index (χ4n) is 3.87. The molecule has 2 aromatic carbocycles. The summed E-state index contributed by atoms with van der Waals surface area (Å²) in [5, 5.41) is 9.77. The van der Waals surface area contributed by atoms with Gasteiger partial charge in [-0.1, -0.05) is 0 Å². The molecule has 16 heteroatoms. The van der Waals surface area contributed by atoms with Gasteiger partial charge in [-0.25, -0.2) is 0 Å². The zero-order valence-electron chi connectivity index (χ0n) is 18.7. The summed E-state index contributed by atoms with van der Waals surface area (Å²) in [4.78, 5) is 0. The fourth-order valence-corrected chi connectivity index (χ4v) is 8.87. The van der Waals surface area contributed by atoms with Gasteiger partial charge in [0.2, 0.25) is 0 Å². The minimum absolute atomic E-state index is 0.137. The van der Waals surface area contributed by atoms with Gasteiger partial charge in [0.05, 0.1) is 0 Å². The first kappa shape index (κ1) is 30.6. The number of alkyl halides is 12. The van der Waals surface area contributed by atoms with E-state index < -0.39 is 70.7 Å². The van der Waals surface area contributed by atoms with Gasteiger partial charge in [-0.3, -0.25) is 0 Å². The van der Waals surface area contributed by atoms with Crippen LogP contribution < -0.4 is 8.70 Å². The van der Waals surface area contributed by atoms with Crippen molar-refractivity contribution in [2.45, 2.75) is 48.7 Å². The first-order chi connectivity index (χ1) is 17.3. The molecule has 0 saturated carbocycles. The number of hydrogen-bond donors (Lipinski definition) is 1. The van der Waals surface area contributed by atoms with Gasteiger partial charge in [-0.05, 0) is 12.8 Å². The van der Waals surface area contributed by atoms with Crippen LogP contribution in [0.25, 0.3) is 0 Å². The Hall–Kier alpha value is -1.96. The predicted octanol–water partition coefficient (Wildman–Crippen LogP) is 5.25. The fraction of sp³-hybridized carbons (Fsp3) is 0.455. The topological polar surface area (TPSA) is 38.7 Å². The van der Waals surface area contributed by atoms with Crippen molar-refractivity contribution < 1.29 is 66.3 Å². The van der Waals surface area contributed by atoms with Gasteiger partial charge in [0, 0.05) is 13.2 Å². The molecule has 0 aromatic heterocycles. The van der Waals surface area contributed by atoms with Crippen LogP contribution in [0.1, 0.15) is 24.0 Å². The maximum absolute atomic E-state index is 13.8. The molecule has 4 rings (SSSR count). The van der Waals surface area contributed by atoms with Crippen molar-refractivity contribution in [3.8, 4) is 0 Å². The van der Waals surface area contributed by atoms with E-state index >= 15 is 0 Å². The zero-order chi connectivity index (χ0) is 28.8. The molecule has 0 amide bonds. The van der Waals surface area contributed by atoms with Crippen molar-refractivity contribution in [1.29, 1.82) is 0 Å². The normalized spacial score (nSPS) is 20.1. The first-order valence-corrected chi connectivity index (χ1v) is 13.2. The van der Waals surface area contributed by atoms with Crippen molar-refractivity contribution in [2.24, 2.45) is 0 Å². The van der Waals surface area contributed by atoms with Crippen LogP contribution >= 0.6 is 0 Å². The molecule has 1 atom stereocenters. The number of benzene rings is 2. The molecule has 2 heterocycles. The number of aliphatic hydroxyl groups is 1. The molecule has 0 radical (unpaired) electrons. The Morgan fingerprint density at radius 2 is 1.11 bits per heavy atom. The third kappa shape index (κ3) is 5.02. The summed E-state index contributed by atoms with van der Waals surface area (Å²) in [6, 6.07) is 4.93. The van der Waals surface area contributed by atoms with Gasteiger partial charge < -0.3 is 4.74 Å². The third-order valence-corrected chi connectivity index (χ3v) is 10.1. The zero-order valence-corrected chi connectivity index (χ0v) is 20.6. The Morgan fingerprint density at radius 3 is 1.53 bits per heavy atom. The molecule has 1 N–H and O–H groups in total. The summed E-state index contributed by atoms with van der Waals surface area (Å²) >= 11 is -4.64. The van der Waals surface area contributed by atoms with Crippen molar-refractivity contribution in [3.05, 3.63) is 59.7 Å². The van der Waals surface area contributed by atoms with E-state index in [1.165, 1.54) is 12.8 Å². The summed E-state index contributed by atoms with van der Waals surface area (Å²) in [6.45, 7) is 2.00. The molecule has 0 aliphatic carbocycles. The Balaban J connectivity index is 0.000000715. The predicted molar refractivity (Wildman–Crippen MR) is 109 cm³/mol. The van der Waals surface area contributed by atoms with Gasteiger partial charge in [-0.15, -0.1) is 0 Å². The minimum atomic E-state index is -6.42. The Kier molecular flexibility index (Phi) is 8.22. The second kappa shape index (κ2) is 10.2. The molecule has 2 aromatic rings. The Morgan fingerprint density at radius 1 is 0.658 bits per heavy atom. The number of halogens is 12. The van der Waals surface area contributed by atoms with Gasteiger partial charge in [0.1, 0.15) is 0 Å². The van der Waals surface area contributed by atoms with Gasteiger partial charge in [0.15, 0.2) is 0 Å². The molecule has 2 aliphatic heterocycles. The monoisotopic (exact) mass is 632 g/mol. The van der Waals surface area contributed by atoms with Gasteiger partial charge >= 0.3 is 181 Å². The number of rotatable bonds is 2. The number of hydrogen-bond acceptors (Lipinski definition) is 3. The summed E-state index contributed by atoms with van der Waals surface area (Å²) in [5.41, 5.74) is -14.0. The van der Waals surface area contributed by atoms with Crippen LogP contribution in [0.5, 0.6) is 0 Å². The van der Waals surface area contributed by atoms with Crippen LogP contribution in [0.2, 0.25) is 0 Å². The second-order valence-corrected chi connectivity index (χ2v) is 11.8. The van der Waals surface area contributed by atoms with Crippen molar-refractivity contribution >= 4 is 23.7 Å². The van der Waals surface area contributed by atoms with Crippen LogP contribution in [-0.2, 0) is 19.7 Å². The van der Waals surface area contributed by atoms with E-state index in [0.29, 0.717) is 24.3 Å². The summed E-state index contributed by atoms with van der Waals surface area (Å²) in [5.74, 6) is 0. The molecule has 38 heavy (non-hydrogen) atoms. The van der Waals surface area contributed by atoms with E-state index in [-0.39, 0.29) is 6.07 Å². The standard InChI is InChI=1S/C18H9AsF12O2.C4H8O/c20-15(21,22)13(32,16(23,24)25)9-5-1-3-7-11(9)19-12-8-4-2-6-10(12)14(33-19,17(26,27)28)18(29,30)31;1-2-4-5-3-1/h1-8,32H;1-4H2. The van der Waals surface area contributed by atoms with Crippen LogP contribution in [0.15, 0.2) is 48.5 Å². The average molecular weight is 632 g/mol. The van der Waals surface area contributed by atoms with E-state index in [1.807, 2.05) is 0 Å². The summed E-state index contributed by atoms with van der Waals surface area (Å²) < 4.78 is 170. The molecular formula is C22H17AsF12O3. The summed E-state index contributed by atoms with van der Waals surface area (Å²) in [7, 11) is 0. The Bertz CT molecular complexity index is 1080. The van der Waals surface area contributed by atoms with Crippen LogP contribution in [0.3, 0.4) is 0 Å². The van der Waals surface area contributed by atoms with E-state index in [0.717, 1.165) is 31.4 Å².